The minimum Gasteiger partial charge on any atom is -0.496 e. The summed E-state index contributed by atoms with van der Waals surface area (Å²) in [6, 6.07) is 15.2. The summed E-state index contributed by atoms with van der Waals surface area (Å²) in [6.45, 7) is 6.63. The number of carboxylic acids is 1. The monoisotopic (exact) mass is 474 g/mol. The van der Waals surface area contributed by atoms with Crippen molar-refractivity contribution in [2.75, 3.05) is 25.6 Å². The van der Waals surface area contributed by atoms with Gasteiger partial charge in [-0.05, 0) is 57.5 Å². The number of fused-ring (bicyclic) bond motifs is 1. The molecule has 174 valence electrons. The van der Waals surface area contributed by atoms with Gasteiger partial charge in [0.05, 0.1) is 12.8 Å². The summed E-state index contributed by atoms with van der Waals surface area (Å²) in [4.78, 5) is 15.1. The van der Waals surface area contributed by atoms with Crippen LogP contribution in [-0.4, -0.2) is 46.9 Å². The number of rotatable bonds is 9. The molecule has 0 radical (unpaired) electrons. The molecule has 0 spiro atoms. The first-order valence-electron chi connectivity index (χ1n) is 11.1. The Morgan fingerprint density at radius 3 is 2.62 bits per heavy atom. The Bertz CT molecular complexity index is 921. The van der Waals surface area contributed by atoms with Gasteiger partial charge in [0.25, 0.3) is 0 Å². The molecule has 0 saturated heterocycles. The van der Waals surface area contributed by atoms with E-state index in [0.29, 0.717) is 11.8 Å². The van der Waals surface area contributed by atoms with Crippen LogP contribution in [0, 0.1) is 0 Å². The van der Waals surface area contributed by atoms with Gasteiger partial charge in [-0.3, -0.25) is 4.79 Å². The molecule has 0 amide bonds. The molecule has 0 aliphatic carbocycles. The second kappa shape index (κ2) is 10.9. The third kappa shape index (κ3) is 5.74. The number of benzene rings is 2. The van der Waals surface area contributed by atoms with Crippen LogP contribution in [0.3, 0.4) is 0 Å². The van der Waals surface area contributed by atoms with Crippen LogP contribution in [0.5, 0.6) is 5.75 Å². The Morgan fingerprint density at radius 1 is 1.28 bits per heavy atom. The topological polar surface area (TPSA) is 53.0 Å². The van der Waals surface area contributed by atoms with E-state index < -0.39 is 10.7 Å². The Morgan fingerprint density at radius 2 is 2.00 bits per heavy atom. The molecule has 3 rings (SSSR count). The lowest BCUT2D eigenvalue weighted by molar-refractivity contribution is -0.138. The number of thioether (sulfide) groups is 1. The second-order valence-electron chi connectivity index (χ2n) is 8.62. The van der Waals surface area contributed by atoms with Gasteiger partial charge in [-0.15, -0.1) is 11.8 Å². The average Bonchev–Trinajstić information content (AvgIpc) is 2.91. The van der Waals surface area contributed by atoms with Crippen molar-refractivity contribution in [3.8, 4) is 5.75 Å². The lowest BCUT2D eigenvalue weighted by Gasteiger charge is -2.30. The van der Waals surface area contributed by atoms with Crippen LogP contribution in [0.15, 0.2) is 47.4 Å². The standard InChI is InChI=1S/C25H34N2O3S2/c1-6-7-11-20-16-27(19-12-9-8-10-13-19)21-15-22(30-5)18(14-23(21)32-26(20)4)17-31-25(2,3)24(28)29/h8-10,12-15,20H,6-7,11,16-17H2,1-5H3,(H,28,29). The Hall–Kier alpha value is -1.83. The predicted octanol–water partition coefficient (Wildman–Crippen LogP) is 6.44. The number of aliphatic carboxylic acids is 1. The van der Waals surface area contributed by atoms with Crippen LogP contribution in [0.1, 0.15) is 45.6 Å². The highest BCUT2D eigenvalue weighted by Crippen LogP contribution is 2.45. The normalized spacial score (nSPS) is 17.0. The smallest absolute Gasteiger partial charge is 0.319 e. The number of ether oxygens (including phenoxy) is 1. The van der Waals surface area contributed by atoms with Crippen molar-refractivity contribution >= 4 is 41.1 Å². The van der Waals surface area contributed by atoms with E-state index >= 15 is 0 Å². The van der Waals surface area contributed by atoms with E-state index in [4.69, 9.17) is 4.74 Å². The fourth-order valence-electron chi connectivity index (χ4n) is 3.72. The minimum absolute atomic E-state index is 0.419. The molecule has 7 heteroatoms. The first-order valence-corrected chi connectivity index (χ1v) is 12.8. The van der Waals surface area contributed by atoms with E-state index in [1.165, 1.54) is 35.2 Å². The van der Waals surface area contributed by atoms with Gasteiger partial charge in [0, 0.05) is 40.6 Å². The van der Waals surface area contributed by atoms with Gasteiger partial charge in [-0.25, -0.2) is 4.31 Å². The maximum Gasteiger partial charge on any atom is 0.319 e. The van der Waals surface area contributed by atoms with Crippen LogP contribution in [-0.2, 0) is 10.5 Å². The molecule has 0 bridgehead atoms. The third-order valence-corrected chi connectivity index (χ3v) is 8.33. The highest BCUT2D eigenvalue weighted by molar-refractivity contribution is 8.00. The summed E-state index contributed by atoms with van der Waals surface area (Å²) in [5.74, 6) is 0.568. The summed E-state index contributed by atoms with van der Waals surface area (Å²) in [5.41, 5.74) is 3.32. The van der Waals surface area contributed by atoms with Crippen molar-refractivity contribution in [1.29, 1.82) is 0 Å². The number of likely N-dealkylation sites (N-methyl/N-ethyl adjacent to an activating group) is 1. The summed E-state index contributed by atoms with van der Waals surface area (Å²) in [6.07, 6.45) is 3.52. The molecule has 0 fully saturated rings. The number of nitrogens with zero attached hydrogens (tertiary/aromatic N) is 2. The number of hydrogen-bond acceptors (Lipinski definition) is 6. The average molecular weight is 475 g/mol. The molecule has 0 saturated carbocycles. The van der Waals surface area contributed by atoms with Crippen molar-refractivity contribution < 1.29 is 14.6 Å². The molecule has 1 atom stereocenters. The maximum atomic E-state index is 11.6. The molecular formula is C25H34N2O3S2. The molecule has 32 heavy (non-hydrogen) atoms. The summed E-state index contributed by atoms with van der Waals surface area (Å²) >= 11 is 3.19. The van der Waals surface area contributed by atoms with E-state index in [0.717, 1.165) is 30.0 Å². The zero-order valence-electron chi connectivity index (χ0n) is 19.6. The van der Waals surface area contributed by atoms with E-state index in [1.807, 2.05) is 6.07 Å². The first kappa shape index (κ1) is 24.8. The Labute approximate surface area is 200 Å². The quantitative estimate of drug-likeness (QED) is 0.420. The fourth-order valence-corrected chi connectivity index (χ4v) is 5.67. The van der Waals surface area contributed by atoms with Crippen LogP contribution >= 0.6 is 23.7 Å². The van der Waals surface area contributed by atoms with Gasteiger partial charge in [0.2, 0.25) is 0 Å². The highest BCUT2D eigenvalue weighted by Gasteiger charge is 2.31. The van der Waals surface area contributed by atoms with Crippen LogP contribution in [0.25, 0.3) is 0 Å². The van der Waals surface area contributed by atoms with Gasteiger partial charge < -0.3 is 14.7 Å². The number of carboxylic acid groups (broad SMARTS) is 1. The van der Waals surface area contributed by atoms with Gasteiger partial charge in [0.15, 0.2) is 0 Å². The number of hydrogen-bond donors (Lipinski definition) is 1. The van der Waals surface area contributed by atoms with Crippen molar-refractivity contribution in [3.63, 3.8) is 0 Å². The van der Waals surface area contributed by atoms with E-state index in [-0.39, 0.29) is 0 Å². The molecule has 1 aliphatic heterocycles. The zero-order valence-corrected chi connectivity index (χ0v) is 21.3. The van der Waals surface area contributed by atoms with E-state index in [9.17, 15) is 9.90 Å². The second-order valence-corrected chi connectivity index (χ2v) is 11.4. The summed E-state index contributed by atoms with van der Waals surface area (Å²) in [5, 5.41) is 9.50. The fraction of sp³-hybridized carbons (Fsp3) is 0.480. The molecule has 0 aromatic heterocycles. The summed E-state index contributed by atoms with van der Waals surface area (Å²) < 4.78 is 7.29. The zero-order chi connectivity index (χ0) is 23.3. The van der Waals surface area contributed by atoms with Crippen molar-refractivity contribution in [3.05, 3.63) is 48.0 Å². The number of methoxy groups -OCH3 is 1. The minimum atomic E-state index is -0.858. The lowest BCUT2D eigenvalue weighted by Crippen LogP contribution is -2.35. The molecule has 5 nitrogen and oxygen atoms in total. The van der Waals surface area contributed by atoms with Gasteiger partial charge in [-0.1, -0.05) is 38.0 Å². The van der Waals surface area contributed by atoms with Crippen molar-refractivity contribution in [1.82, 2.24) is 4.31 Å². The maximum absolute atomic E-state index is 11.6. The number of para-hydroxylation sites is 1. The van der Waals surface area contributed by atoms with Gasteiger partial charge in [-0.2, -0.15) is 0 Å². The van der Waals surface area contributed by atoms with Crippen LogP contribution in [0.4, 0.5) is 11.4 Å². The predicted molar refractivity (Wildman–Crippen MR) is 136 cm³/mol. The molecule has 1 aliphatic rings. The first-order chi connectivity index (χ1) is 15.3. The van der Waals surface area contributed by atoms with Gasteiger partial charge in [0.1, 0.15) is 10.5 Å². The lowest BCUT2D eigenvalue weighted by atomic mass is 10.1. The largest absolute Gasteiger partial charge is 0.496 e. The molecule has 2 aromatic rings. The number of unbranched alkanes of at least 4 members (excludes halogenated alkanes) is 1. The molecular weight excluding hydrogens is 440 g/mol. The molecule has 2 aromatic carbocycles. The number of anilines is 2. The Balaban J connectivity index is 2.02. The van der Waals surface area contributed by atoms with Crippen molar-refractivity contribution in [2.24, 2.45) is 0 Å². The summed E-state index contributed by atoms with van der Waals surface area (Å²) in [7, 11) is 3.86. The third-order valence-electron chi connectivity index (χ3n) is 5.86. The van der Waals surface area contributed by atoms with E-state index in [1.54, 1.807) is 32.9 Å². The van der Waals surface area contributed by atoms with Crippen LogP contribution < -0.4 is 9.64 Å². The van der Waals surface area contributed by atoms with Crippen LogP contribution in [0.2, 0.25) is 0 Å². The van der Waals surface area contributed by atoms with Gasteiger partial charge >= 0.3 is 5.97 Å². The highest BCUT2D eigenvalue weighted by atomic mass is 32.2. The molecule has 1 N–H and O–H groups in total. The molecule has 1 unspecified atom stereocenters. The van der Waals surface area contributed by atoms with Crippen molar-refractivity contribution in [2.45, 2.75) is 61.5 Å². The SMILES string of the molecule is CCCCC1CN(c2ccccc2)c2cc(OC)c(CSC(C)(C)C(=O)O)cc2SN1C. The Kier molecular flexibility index (Phi) is 8.42. The molecule has 1 heterocycles. The number of carbonyl (C=O) groups is 1. The van der Waals surface area contributed by atoms with E-state index in [2.05, 4.69) is 59.6 Å².